The highest BCUT2D eigenvalue weighted by Gasteiger charge is 2.21. The van der Waals surface area contributed by atoms with E-state index in [4.69, 9.17) is 0 Å². The number of aryl methyl sites for hydroxylation is 1. The van der Waals surface area contributed by atoms with Crippen LogP contribution in [0.15, 0.2) is 23.3 Å². The normalized spacial score (nSPS) is 11.9. The van der Waals surface area contributed by atoms with Gasteiger partial charge in [0.15, 0.2) is 0 Å². The predicted molar refractivity (Wildman–Crippen MR) is 65.2 cm³/mol. The van der Waals surface area contributed by atoms with Crippen LogP contribution in [0.5, 0.6) is 0 Å². The molecule has 0 saturated heterocycles. The second-order valence-electron chi connectivity index (χ2n) is 4.36. The SMILES string of the molecule is Cn1cc(C(C)(C)NCc2cscn2)cn1. The first-order valence-electron chi connectivity index (χ1n) is 5.19. The average Bonchev–Trinajstić information content (AvgIpc) is 2.85. The fourth-order valence-corrected chi connectivity index (χ4v) is 2.04. The van der Waals surface area contributed by atoms with Gasteiger partial charge in [0.05, 0.1) is 17.4 Å². The number of aromatic nitrogens is 3. The molecule has 86 valence electrons. The zero-order valence-corrected chi connectivity index (χ0v) is 10.6. The van der Waals surface area contributed by atoms with Gasteiger partial charge in [-0.3, -0.25) is 4.68 Å². The van der Waals surface area contributed by atoms with Gasteiger partial charge in [-0.15, -0.1) is 11.3 Å². The molecule has 0 unspecified atom stereocenters. The van der Waals surface area contributed by atoms with Crippen LogP contribution in [0.3, 0.4) is 0 Å². The lowest BCUT2D eigenvalue weighted by atomic mass is 9.98. The van der Waals surface area contributed by atoms with E-state index in [2.05, 4.69) is 34.6 Å². The lowest BCUT2D eigenvalue weighted by Crippen LogP contribution is -2.35. The summed E-state index contributed by atoms with van der Waals surface area (Å²) in [6.07, 6.45) is 3.93. The quantitative estimate of drug-likeness (QED) is 0.881. The summed E-state index contributed by atoms with van der Waals surface area (Å²) in [7, 11) is 1.93. The molecule has 2 aromatic rings. The summed E-state index contributed by atoms with van der Waals surface area (Å²) in [6, 6.07) is 0. The van der Waals surface area contributed by atoms with Crippen molar-refractivity contribution in [3.8, 4) is 0 Å². The number of nitrogens with zero attached hydrogens (tertiary/aromatic N) is 3. The van der Waals surface area contributed by atoms with E-state index in [9.17, 15) is 0 Å². The minimum atomic E-state index is -0.0854. The molecule has 0 bridgehead atoms. The molecule has 0 amide bonds. The maximum atomic E-state index is 4.25. The first-order chi connectivity index (χ1) is 7.58. The first kappa shape index (κ1) is 11.3. The molecule has 1 N–H and O–H groups in total. The highest BCUT2D eigenvalue weighted by molar-refractivity contribution is 7.07. The van der Waals surface area contributed by atoms with E-state index in [-0.39, 0.29) is 5.54 Å². The minimum absolute atomic E-state index is 0.0854. The van der Waals surface area contributed by atoms with Crippen LogP contribution in [0.2, 0.25) is 0 Å². The summed E-state index contributed by atoms with van der Waals surface area (Å²) < 4.78 is 1.82. The van der Waals surface area contributed by atoms with Crippen LogP contribution in [0.25, 0.3) is 0 Å². The topological polar surface area (TPSA) is 42.7 Å². The molecule has 2 heterocycles. The Morgan fingerprint density at radius 3 is 2.88 bits per heavy atom. The van der Waals surface area contributed by atoms with Gasteiger partial charge < -0.3 is 5.32 Å². The van der Waals surface area contributed by atoms with Crippen molar-refractivity contribution in [3.05, 3.63) is 34.5 Å². The third-order valence-electron chi connectivity index (χ3n) is 2.62. The second kappa shape index (κ2) is 4.35. The fraction of sp³-hybridized carbons (Fsp3) is 0.455. The van der Waals surface area contributed by atoms with Gasteiger partial charge in [-0.05, 0) is 13.8 Å². The van der Waals surface area contributed by atoms with Crippen molar-refractivity contribution in [1.29, 1.82) is 0 Å². The second-order valence-corrected chi connectivity index (χ2v) is 5.08. The van der Waals surface area contributed by atoms with Gasteiger partial charge in [0.2, 0.25) is 0 Å². The molecule has 5 heteroatoms. The smallest absolute Gasteiger partial charge is 0.0795 e. The fourth-order valence-electron chi connectivity index (χ4n) is 1.48. The molecule has 0 spiro atoms. The molecule has 0 aromatic carbocycles. The Morgan fingerprint density at radius 2 is 2.31 bits per heavy atom. The lowest BCUT2D eigenvalue weighted by molar-refractivity contribution is 0.398. The van der Waals surface area contributed by atoms with Gasteiger partial charge in [0, 0.05) is 36.3 Å². The van der Waals surface area contributed by atoms with Gasteiger partial charge in [0.25, 0.3) is 0 Å². The van der Waals surface area contributed by atoms with E-state index < -0.39 is 0 Å². The molecular weight excluding hydrogens is 220 g/mol. The minimum Gasteiger partial charge on any atom is -0.302 e. The van der Waals surface area contributed by atoms with Gasteiger partial charge in [-0.1, -0.05) is 0 Å². The van der Waals surface area contributed by atoms with E-state index in [0.717, 1.165) is 12.2 Å². The summed E-state index contributed by atoms with van der Waals surface area (Å²) in [5, 5.41) is 9.73. The maximum Gasteiger partial charge on any atom is 0.0795 e. The van der Waals surface area contributed by atoms with E-state index in [1.54, 1.807) is 11.3 Å². The molecule has 2 rings (SSSR count). The Labute approximate surface area is 99.3 Å². The molecule has 0 fully saturated rings. The van der Waals surface area contributed by atoms with Crippen LogP contribution >= 0.6 is 11.3 Å². The van der Waals surface area contributed by atoms with Crippen molar-refractivity contribution in [3.63, 3.8) is 0 Å². The van der Waals surface area contributed by atoms with Crippen molar-refractivity contribution >= 4 is 11.3 Å². The standard InChI is InChI=1S/C11H16N4S/c1-11(2,9-4-14-15(3)6-9)13-5-10-7-16-8-12-10/h4,6-8,13H,5H2,1-3H3. The van der Waals surface area contributed by atoms with Crippen LogP contribution in [0.4, 0.5) is 0 Å². The molecule has 0 saturated carbocycles. The van der Waals surface area contributed by atoms with Crippen LogP contribution < -0.4 is 5.32 Å². The van der Waals surface area contributed by atoms with Gasteiger partial charge in [-0.2, -0.15) is 5.10 Å². The number of rotatable bonds is 4. The largest absolute Gasteiger partial charge is 0.302 e. The van der Waals surface area contributed by atoms with E-state index in [1.165, 1.54) is 5.56 Å². The van der Waals surface area contributed by atoms with Gasteiger partial charge in [-0.25, -0.2) is 4.98 Å². The van der Waals surface area contributed by atoms with Crippen LogP contribution in [-0.2, 0) is 19.1 Å². The van der Waals surface area contributed by atoms with Gasteiger partial charge in [0.1, 0.15) is 0 Å². The zero-order chi connectivity index (χ0) is 11.6. The molecule has 4 nitrogen and oxygen atoms in total. The first-order valence-corrected chi connectivity index (χ1v) is 6.13. The summed E-state index contributed by atoms with van der Waals surface area (Å²) >= 11 is 1.62. The van der Waals surface area contributed by atoms with Crippen molar-refractivity contribution in [2.75, 3.05) is 0 Å². The maximum absolute atomic E-state index is 4.25. The monoisotopic (exact) mass is 236 g/mol. The van der Waals surface area contributed by atoms with E-state index in [0.29, 0.717) is 0 Å². The van der Waals surface area contributed by atoms with Crippen molar-refractivity contribution < 1.29 is 0 Å². The Hall–Kier alpha value is -1.20. The highest BCUT2D eigenvalue weighted by Crippen LogP contribution is 2.19. The third-order valence-corrected chi connectivity index (χ3v) is 3.26. The lowest BCUT2D eigenvalue weighted by Gasteiger charge is -2.24. The Balaban J connectivity index is 2.02. The van der Waals surface area contributed by atoms with Crippen LogP contribution in [-0.4, -0.2) is 14.8 Å². The Bertz CT molecular complexity index is 444. The number of hydrogen-bond donors (Lipinski definition) is 1. The number of thiazole rings is 1. The summed E-state index contributed by atoms with van der Waals surface area (Å²) in [6.45, 7) is 5.08. The number of nitrogens with one attached hydrogen (secondary N) is 1. The molecule has 16 heavy (non-hydrogen) atoms. The van der Waals surface area contributed by atoms with Crippen LogP contribution in [0.1, 0.15) is 25.1 Å². The summed E-state index contributed by atoms with van der Waals surface area (Å²) in [5.74, 6) is 0. The summed E-state index contributed by atoms with van der Waals surface area (Å²) in [4.78, 5) is 4.25. The zero-order valence-electron chi connectivity index (χ0n) is 9.77. The highest BCUT2D eigenvalue weighted by atomic mass is 32.1. The average molecular weight is 236 g/mol. The van der Waals surface area contributed by atoms with E-state index in [1.807, 2.05) is 29.6 Å². The molecule has 2 aromatic heterocycles. The summed E-state index contributed by atoms with van der Waals surface area (Å²) in [5.41, 5.74) is 4.04. The Morgan fingerprint density at radius 1 is 1.50 bits per heavy atom. The van der Waals surface area contributed by atoms with E-state index >= 15 is 0 Å². The van der Waals surface area contributed by atoms with Crippen molar-refractivity contribution in [1.82, 2.24) is 20.1 Å². The van der Waals surface area contributed by atoms with Gasteiger partial charge >= 0.3 is 0 Å². The molecule has 0 aliphatic heterocycles. The Kier molecular flexibility index (Phi) is 3.07. The van der Waals surface area contributed by atoms with Crippen LogP contribution in [0, 0.1) is 0 Å². The molecule has 0 aliphatic carbocycles. The molecular formula is C11H16N4S. The number of hydrogen-bond acceptors (Lipinski definition) is 4. The third kappa shape index (κ3) is 2.48. The molecule has 0 atom stereocenters. The molecule has 0 radical (unpaired) electrons. The van der Waals surface area contributed by atoms with Crippen molar-refractivity contribution in [2.45, 2.75) is 25.9 Å². The predicted octanol–water partition coefficient (Wildman–Crippen LogP) is 1.90. The van der Waals surface area contributed by atoms with Crippen molar-refractivity contribution in [2.24, 2.45) is 7.05 Å². The molecule has 0 aliphatic rings.